The molecule has 0 aromatic carbocycles. The van der Waals surface area contributed by atoms with Crippen LogP contribution in [0, 0.1) is 0 Å². The second kappa shape index (κ2) is 13.7. The number of nitrogens with one attached hydrogen (secondary N) is 2. The monoisotopic (exact) mass is 803 g/mol. The molecule has 31 heteroatoms. The summed E-state index contributed by atoms with van der Waals surface area (Å²) in [5.41, 5.74) is 9.37. The van der Waals surface area contributed by atoms with Crippen LogP contribution in [0.2, 0.25) is 0 Å². The first kappa shape index (κ1) is 38.2. The SMILES string of the molecule is Cn1c[n+]([C@@H]2O[C@H](COP(=O)(O)OP(=O)(O)OP(=O)(O)OC[C@H]3O[C@@H](n4cnc5c(=O)[nH]c(N)nc54)C(O)[C@H]3O)C(O)[C@@H]2O)c2nc(N)[nH]c(=O)c21. The largest absolute Gasteiger partial charge is 0.490 e. The Kier molecular flexibility index (Phi) is 10.1. The first-order valence-corrected chi connectivity index (χ1v) is 18.9. The molecule has 28 nitrogen and oxygen atoms in total. The molecule has 0 saturated carbocycles. The number of anilines is 2. The van der Waals surface area contributed by atoms with E-state index in [2.05, 4.69) is 42.6 Å². The number of nitrogens with two attached hydrogens (primary N) is 2. The van der Waals surface area contributed by atoms with Crippen molar-refractivity contribution in [2.45, 2.75) is 49.1 Å². The topological polar surface area (TPSA) is 418 Å². The number of hydrogen-bond acceptors (Lipinski definition) is 20. The van der Waals surface area contributed by atoms with Gasteiger partial charge in [-0.2, -0.15) is 13.6 Å². The smallest absolute Gasteiger partial charge is 0.387 e. The third kappa shape index (κ3) is 7.46. The molecule has 52 heavy (non-hydrogen) atoms. The highest BCUT2D eigenvalue weighted by atomic mass is 31.3. The molecule has 2 aliphatic rings. The van der Waals surface area contributed by atoms with Crippen LogP contribution < -0.4 is 27.2 Å². The first-order valence-electron chi connectivity index (χ1n) is 14.4. The molecule has 0 aliphatic carbocycles. The van der Waals surface area contributed by atoms with E-state index in [1.807, 2.05) is 0 Å². The Labute approximate surface area is 286 Å². The zero-order chi connectivity index (χ0) is 38.1. The Balaban J connectivity index is 1.05. The van der Waals surface area contributed by atoms with Gasteiger partial charge in [0.2, 0.25) is 17.7 Å². The van der Waals surface area contributed by atoms with E-state index < -0.39 is 96.9 Å². The number of fused-ring (bicyclic) bond motifs is 2. The Morgan fingerprint density at radius 3 is 2.04 bits per heavy atom. The van der Waals surface area contributed by atoms with Crippen LogP contribution in [0.4, 0.5) is 11.9 Å². The molecule has 5 unspecified atom stereocenters. The maximum atomic E-state index is 12.5. The van der Waals surface area contributed by atoms with Gasteiger partial charge in [-0.3, -0.25) is 37.7 Å². The lowest BCUT2D eigenvalue weighted by atomic mass is 10.1. The van der Waals surface area contributed by atoms with Crippen molar-refractivity contribution in [2.24, 2.45) is 7.05 Å². The number of aliphatic hydroxyl groups is 4. The van der Waals surface area contributed by atoms with Gasteiger partial charge in [-0.05, 0) is 0 Å². The molecule has 11 atom stereocenters. The number of aryl methyl sites for hydroxylation is 1. The van der Waals surface area contributed by atoms with Crippen LogP contribution >= 0.6 is 23.5 Å². The molecule has 286 valence electrons. The summed E-state index contributed by atoms with van der Waals surface area (Å²) in [6.45, 7) is -2.18. The number of imidazole rings is 2. The zero-order valence-electron chi connectivity index (χ0n) is 26.0. The highest BCUT2D eigenvalue weighted by Crippen LogP contribution is 2.67. The van der Waals surface area contributed by atoms with E-state index in [0.717, 1.165) is 15.5 Å². The lowest BCUT2D eigenvalue weighted by molar-refractivity contribution is -0.745. The number of ether oxygens (including phenoxy) is 2. The molecule has 6 rings (SSSR count). The minimum atomic E-state index is -6.00. The van der Waals surface area contributed by atoms with E-state index in [0.29, 0.717) is 0 Å². The average Bonchev–Trinajstić information content (AvgIpc) is 3.74. The molecule has 2 fully saturated rings. The fraction of sp³-hybridized carbons (Fsp3) is 0.524. The average molecular weight is 803 g/mol. The highest BCUT2D eigenvalue weighted by Gasteiger charge is 2.50. The van der Waals surface area contributed by atoms with Crippen molar-refractivity contribution in [3.05, 3.63) is 33.4 Å². The lowest BCUT2D eigenvalue weighted by Crippen LogP contribution is -2.46. The van der Waals surface area contributed by atoms with E-state index in [-0.39, 0.29) is 34.2 Å². The number of phosphoric acid groups is 3. The first-order chi connectivity index (χ1) is 24.2. The molecular weight excluding hydrogens is 773 g/mol. The van der Waals surface area contributed by atoms with Crippen molar-refractivity contribution in [3.8, 4) is 0 Å². The maximum Gasteiger partial charge on any atom is 0.490 e. The number of aromatic amines is 2. The van der Waals surface area contributed by atoms with E-state index in [9.17, 15) is 58.4 Å². The number of aromatic nitrogens is 8. The summed E-state index contributed by atoms with van der Waals surface area (Å²) in [5, 5.41) is 42.0. The molecule has 0 spiro atoms. The van der Waals surface area contributed by atoms with Gasteiger partial charge in [0.25, 0.3) is 17.1 Å². The van der Waals surface area contributed by atoms with Gasteiger partial charge < -0.3 is 56.0 Å². The van der Waals surface area contributed by atoms with E-state index >= 15 is 0 Å². The second-order valence-electron chi connectivity index (χ2n) is 11.3. The summed E-state index contributed by atoms with van der Waals surface area (Å²) in [6, 6.07) is 0. The molecule has 2 saturated heterocycles. The number of H-pyrrole nitrogens is 2. The quantitative estimate of drug-likeness (QED) is 0.0474. The Morgan fingerprint density at radius 2 is 1.40 bits per heavy atom. The molecule has 0 bridgehead atoms. The third-order valence-corrected chi connectivity index (χ3v) is 11.9. The third-order valence-electron chi connectivity index (χ3n) is 7.68. The highest BCUT2D eigenvalue weighted by molar-refractivity contribution is 7.66. The van der Waals surface area contributed by atoms with Crippen LogP contribution in [0.25, 0.3) is 22.3 Å². The predicted molar refractivity (Wildman–Crippen MR) is 164 cm³/mol. The van der Waals surface area contributed by atoms with Gasteiger partial charge in [0.05, 0.1) is 26.6 Å². The van der Waals surface area contributed by atoms with Gasteiger partial charge in [0, 0.05) is 0 Å². The summed E-state index contributed by atoms with van der Waals surface area (Å²) in [4.78, 5) is 70.6. The van der Waals surface area contributed by atoms with Crippen LogP contribution in [-0.4, -0.2) is 119 Å². The van der Waals surface area contributed by atoms with Gasteiger partial charge in [-0.25, -0.2) is 23.2 Å². The van der Waals surface area contributed by atoms with Crippen molar-refractivity contribution in [2.75, 3.05) is 24.7 Å². The van der Waals surface area contributed by atoms with Gasteiger partial charge in [0.15, 0.2) is 23.7 Å². The number of nitrogens with zero attached hydrogens (tertiary/aromatic N) is 6. The number of hydrogen-bond donors (Lipinski definition) is 11. The van der Waals surface area contributed by atoms with E-state index in [4.69, 9.17) is 20.9 Å². The van der Waals surface area contributed by atoms with Crippen molar-refractivity contribution in [1.82, 2.24) is 34.1 Å². The Morgan fingerprint density at radius 1 is 0.846 bits per heavy atom. The molecule has 0 amide bonds. The Hall–Kier alpha value is -3.53. The zero-order valence-corrected chi connectivity index (χ0v) is 28.7. The minimum absolute atomic E-state index is 0.00983. The van der Waals surface area contributed by atoms with Crippen molar-refractivity contribution < 1.29 is 80.5 Å². The molecule has 6 heterocycles. The van der Waals surface area contributed by atoms with Gasteiger partial charge in [0.1, 0.15) is 36.6 Å². The molecule has 4 aromatic heterocycles. The minimum Gasteiger partial charge on any atom is -0.387 e. The summed E-state index contributed by atoms with van der Waals surface area (Å²) >= 11 is 0. The number of rotatable bonds is 12. The lowest BCUT2D eigenvalue weighted by Gasteiger charge is -2.21. The van der Waals surface area contributed by atoms with Crippen LogP contribution in [-0.2, 0) is 47.9 Å². The van der Waals surface area contributed by atoms with Gasteiger partial charge >= 0.3 is 29.1 Å². The van der Waals surface area contributed by atoms with Crippen LogP contribution in [0.15, 0.2) is 22.2 Å². The summed E-state index contributed by atoms with van der Waals surface area (Å²) in [6.07, 6.45) is -11.0. The predicted octanol–water partition coefficient (Wildman–Crippen LogP) is -4.55. The molecule has 13 N–H and O–H groups in total. The van der Waals surface area contributed by atoms with Gasteiger partial charge in [-0.15, -0.1) is 0 Å². The fourth-order valence-electron chi connectivity index (χ4n) is 5.44. The van der Waals surface area contributed by atoms with Crippen molar-refractivity contribution >= 4 is 57.7 Å². The van der Waals surface area contributed by atoms with Gasteiger partial charge in [-0.1, -0.05) is 4.98 Å². The van der Waals surface area contributed by atoms with Crippen LogP contribution in [0.1, 0.15) is 12.5 Å². The van der Waals surface area contributed by atoms with Crippen LogP contribution in [0.3, 0.4) is 0 Å². The van der Waals surface area contributed by atoms with Crippen LogP contribution in [0.5, 0.6) is 0 Å². The number of nitrogen functional groups attached to an aromatic ring is 2. The molecule has 2 aliphatic heterocycles. The summed E-state index contributed by atoms with van der Waals surface area (Å²) < 4.78 is 69.1. The molecule has 0 radical (unpaired) electrons. The number of phosphoric ester groups is 2. The summed E-state index contributed by atoms with van der Waals surface area (Å²) in [7, 11) is -15.9. The normalized spacial score (nSPS) is 30.1. The Bertz CT molecular complexity index is 2280. The number of aliphatic hydroxyl groups excluding tert-OH is 4. The fourth-order valence-corrected chi connectivity index (χ4v) is 8.96. The van der Waals surface area contributed by atoms with Crippen molar-refractivity contribution in [3.63, 3.8) is 0 Å². The second-order valence-corrected chi connectivity index (χ2v) is 15.9. The molecule has 4 aromatic rings. The summed E-state index contributed by atoms with van der Waals surface area (Å²) in [5.74, 6) is -0.590. The van der Waals surface area contributed by atoms with E-state index in [1.165, 1.54) is 17.9 Å². The standard InChI is InChI=1S/C21H29N10O18P3/c1-29-5-31(15-9(29)17(37)28-21(23)26-15)19-13(35)11(33)7(47-19)3-45-51(40,41)49-52(42,43)48-50(38,39)44-2-6-10(32)12(34)18(46-6)30-4-24-8-14(30)25-20(22)27-16(8)36/h4-7,10-13,18-19,32-35H,2-3H2,1H3,(H8-,22,23,25,26,27,28,36,37,38,39,40,41,42,43)/p+1/t6-,7-,10+,11?,12?,13+,18-,19-/m1/s1. The maximum absolute atomic E-state index is 12.5. The van der Waals surface area contributed by atoms with Crippen molar-refractivity contribution in [1.29, 1.82) is 0 Å². The molecular formula is C21H30N10O18P3+. The van der Waals surface area contributed by atoms with E-state index in [1.54, 1.807) is 0 Å².